The van der Waals surface area contributed by atoms with Crippen molar-refractivity contribution in [1.29, 1.82) is 0 Å². The van der Waals surface area contributed by atoms with E-state index in [2.05, 4.69) is 27.0 Å². The molecule has 2 heterocycles. The summed E-state index contributed by atoms with van der Waals surface area (Å²) in [5.74, 6) is 0. The third kappa shape index (κ3) is 3.69. The first-order valence-electron chi connectivity index (χ1n) is 8.22. The van der Waals surface area contributed by atoms with E-state index in [4.69, 9.17) is 12.2 Å². The first-order chi connectivity index (χ1) is 12.5. The fourth-order valence-electron chi connectivity index (χ4n) is 2.53. The van der Waals surface area contributed by atoms with Crippen LogP contribution in [0.5, 0.6) is 0 Å². The molecule has 136 valence electrons. The Morgan fingerprint density at radius 1 is 1.23 bits per heavy atom. The van der Waals surface area contributed by atoms with Crippen LogP contribution in [-0.2, 0) is 6.54 Å². The van der Waals surface area contributed by atoms with Crippen LogP contribution in [0, 0.1) is 10.9 Å². The summed E-state index contributed by atoms with van der Waals surface area (Å²) in [5, 5.41) is 12.8. The quantitative estimate of drug-likeness (QED) is 0.594. The highest BCUT2D eigenvalue weighted by Crippen LogP contribution is 2.35. The number of benzene rings is 1. The molecule has 2 aromatic heterocycles. The maximum absolute atomic E-state index is 12.6. The SMILES string of the molecule is CCN(C(=O)Nc1ccccc1)c1nnc(-c2sc(=S)n(CC)c2C)s1. The predicted octanol–water partition coefficient (Wildman–Crippen LogP) is 5.18. The Morgan fingerprint density at radius 3 is 2.58 bits per heavy atom. The summed E-state index contributed by atoms with van der Waals surface area (Å²) in [6.45, 7) is 7.34. The molecule has 1 N–H and O–H groups in total. The number of amides is 2. The van der Waals surface area contributed by atoms with Crippen LogP contribution in [0.1, 0.15) is 19.5 Å². The fourth-order valence-corrected chi connectivity index (χ4v) is 5.14. The normalized spacial score (nSPS) is 10.7. The van der Waals surface area contributed by atoms with E-state index >= 15 is 0 Å². The molecule has 0 radical (unpaired) electrons. The largest absolute Gasteiger partial charge is 0.328 e. The number of anilines is 2. The van der Waals surface area contributed by atoms with Crippen molar-refractivity contribution in [3.63, 3.8) is 0 Å². The number of urea groups is 1. The Labute approximate surface area is 165 Å². The molecule has 0 atom stereocenters. The lowest BCUT2D eigenvalue weighted by Crippen LogP contribution is -2.34. The van der Waals surface area contributed by atoms with Gasteiger partial charge in [-0.15, -0.1) is 21.5 Å². The van der Waals surface area contributed by atoms with Gasteiger partial charge in [0.15, 0.2) is 8.96 Å². The molecule has 26 heavy (non-hydrogen) atoms. The van der Waals surface area contributed by atoms with Crippen molar-refractivity contribution in [3.05, 3.63) is 40.0 Å². The van der Waals surface area contributed by atoms with E-state index in [1.54, 1.807) is 4.90 Å². The van der Waals surface area contributed by atoms with Crippen LogP contribution in [-0.4, -0.2) is 27.3 Å². The molecule has 0 saturated carbocycles. The van der Waals surface area contributed by atoms with Gasteiger partial charge in [0.05, 0.1) is 4.88 Å². The van der Waals surface area contributed by atoms with Gasteiger partial charge in [-0.3, -0.25) is 4.90 Å². The van der Waals surface area contributed by atoms with E-state index in [-0.39, 0.29) is 6.03 Å². The molecule has 0 aliphatic carbocycles. The number of hydrogen-bond acceptors (Lipinski definition) is 6. The molecule has 0 unspecified atom stereocenters. The third-order valence-corrected chi connectivity index (χ3v) is 6.54. The summed E-state index contributed by atoms with van der Waals surface area (Å²) in [6.07, 6.45) is 0. The van der Waals surface area contributed by atoms with Crippen molar-refractivity contribution in [1.82, 2.24) is 14.8 Å². The second kappa shape index (κ2) is 8.07. The zero-order chi connectivity index (χ0) is 18.7. The first-order valence-corrected chi connectivity index (χ1v) is 10.3. The highest BCUT2D eigenvalue weighted by molar-refractivity contribution is 7.73. The average molecular weight is 406 g/mol. The molecule has 6 nitrogen and oxygen atoms in total. The number of hydrogen-bond donors (Lipinski definition) is 1. The molecule has 9 heteroatoms. The summed E-state index contributed by atoms with van der Waals surface area (Å²) in [5.41, 5.74) is 1.83. The number of nitrogens with one attached hydrogen (secondary N) is 1. The van der Waals surface area contributed by atoms with E-state index in [1.807, 2.05) is 44.2 Å². The lowest BCUT2D eigenvalue weighted by Gasteiger charge is -2.17. The van der Waals surface area contributed by atoms with Gasteiger partial charge in [0.1, 0.15) is 0 Å². The van der Waals surface area contributed by atoms with Crippen molar-refractivity contribution in [2.75, 3.05) is 16.8 Å². The Hall–Kier alpha value is -2.10. The van der Waals surface area contributed by atoms with E-state index in [0.29, 0.717) is 11.7 Å². The average Bonchev–Trinajstić information content (AvgIpc) is 3.21. The zero-order valence-electron chi connectivity index (χ0n) is 14.7. The van der Waals surface area contributed by atoms with Crippen molar-refractivity contribution >= 4 is 51.7 Å². The van der Waals surface area contributed by atoms with Crippen LogP contribution in [0.15, 0.2) is 30.3 Å². The standard InChI is InChI=1S/C17H19N5OS3/c1-4-21-11(3)13(25-17(21)24)14-19-20-16(26-14)22(5-2)15(23)18-12-9-7-6-8-10-12/h6-10H,4-5H2,1-3H3,(H,18,23). The van der Waals surface area contributed by atoms with Gasteiger partial charge < -0.3 is 9.88 Å². The number of rotatable bonds is 5. The van der Waals surface area contributed by atoms with Crippen LogP contribution in [0.4, 0.5) is 15.6 Å². The Bertz CT molecular complexity index is 960. The summed E-state index contributed by atoms with van der Waals surface area (Å²) in [4.78, 5) is 15.2. The highest BCUT2D eigenvalue weighted by Gasteiger charge is 2.21. The van der Waals surface area contributed by atoms with E-state index < -0.39 is 0 Å². The molecular weight excluding hydrogens is 386 g/mol. The third-order valence-electron chi connectivity index (χ3n) is 3.89. The van der Waals surface area contributed by atoms with Gasteiger partial charge in [0.2, 0.25) is 5.13 Å². The lowest BCUT2D eigenvalue weighted by molar-refractivity contribution is 0.257. The van der Waals surface area contributed by atoms with Crippen molar-refractivity contribution in [3.8, 4) is 9.88 Å². The van der Waals surface area contributed by atoms with Gasteiger partial charge in [0, 0.05) is 24.5 Å². The van der Waals surface area contributed by atoms with Gasteiger partial charge in [-0.1, -0.05) is 29.5 Å². The van der Waals surface area contributed by atoms with Gasteiger partial charge >= 0.3 is 6.03 Å². The topological polar surface area (TPSA) is 63.1 Å². The molecular formula is C17H19N5OS3. The minimum absolute atomic E-state index is 0.225. The highest BCUT2D eigenvalue weighted by atomic mass is 32.1. The number of carbonyl (C=O) groups excluding carboxylic acids is 1. The second-order valence-corrected chi connectivity index (χ2v) is 8.06. The summed E-state index contributed by atoms with van der Waals surface area (Å²) in [7, 11) is 0. The summed E-state index contributed by atoms with van der Waals surface area (Å²) in [6, 6.07) is 9.14. The maximum atomic E-state index is 12.6. The molecule has 0 saturated heterocycles. The summed E-state index contributed by atoms with van der Waals surface area (Å²) < 4.78 is 2.90. The monoisotopic (exact) mass is 405 g/mol. The minimum atomic E-state index is -0.225. The maximum Gasteiger partial charge on any atom is 0.328 e. The van der Waals surface area contributed by atoms with Crippen molar-refractivity contribution < 1.29 is 4.79 Å². The van der Waals surface area contributed by atoms with Crippen LogP contribution >= 0.6 is 34.9 Å². The van der Waals surface area contributed by atoms with Crippen molar-refractivity contribution in [2.24, 2.45) is 0 Å². The smallest absolute Gasteiger partial charge is 0.327 e. The van der Waals surface area contributed by atoms with Crippen LogP contribution in [0.25, 0.3) is 9.88 Å². The molecule has 0 aliphatic rings. The fraction of sp³-hybridized carbons (Fsp3) is 0.294. The number of thiazole rings is 1. The van der Waals surface area contributed by atoms with E-state index in [0.717, 1.165) is 31.8 Å². The Kier molecular flexibility index (Phi) is 5.80. The van der Waals surface area contributed by atoms with E-state index in [1.165, 1.54) is 22.7 Å². The zero-order valence-corrected chi connectivity index (χ0v) is 17.2. The molecule has 0 bridgehead atoms. The minimum Gasteiger partial charge on any atom is -0.327 e. The van der Waals surface area contributed by atoms with Crippen LogP contribution < -0.4 is 10.2 Å². The molecule has 0 fully saturated rings. The molecule has 3 aromatic rings. The van der Waals surface area contributed by atoms with Crippen molar-refractivity contribution in [2.45, 2.75) is 27.3 Å². The van der Waals surface area contributed by atoms with E-state index in [9.17, 15) is 4.79 Å². The van der Waals surface area contributed by atoms with Crippen LogP contribution in [0.2, 0.25) is 0 Å². The number of nitrogens with zero attached hydrogens (tertiary/aromatic N) is 4. The number of aromatic nitrogens is 3. The molecule has 2 amide bonds. The lowest BCUT2D eigenvalue weighted by atomic mass is 10.3. The Balaban J connectivity index is 1.85. The van der Waals surface area contributed by atoms with Gasteiger partial charge in [-0.05, 0) is 45.1 Å². The predicted molar refractivity (Wildman–Crippen MR) is 111 cm³/mol. The first kappa shape index (κ1) is 18.7. The molecule has 1 aromatic carbocycles. The summed E-state index contributed by atoms with van der Waals surface area (Å²) >= 11 is 8.35. The van der Waals surface area contributed by atoms with Gasteiger partial charge in [-0.25, -0.2) is 4.79 Å². The van der Waals surface area contributed by atoms with Gasteiger partial charge in [-0.2, -0.15) is 0 Å². The van der Waals surface area contributed by atoms with Gasteiger partial charge in [0.25, 0.3) is 0 Å². The van der Waals surface area contributed by atoms with Crippen LogP contribution in [0.3, 0.4) is 0 Å². The second-order valence-electron chi connectivity index (χ2n) is 5.46. The Morgan fingerprint density at radius 2 is 1.96 bits per heavy atom. The number of para-hydroxylation sites is 1. The number of carbonyl (C=O) groups is 1. The molecule has 3 rings (SSSR count). The molecule has 0 aliphatic heterocycles. The molecule has 0 spiro atoms.